The van der Waals surface area contributed by atoms with Crippen LogP contribution < -0.4 is 0 Å². The predicted octanol–water partition coefficient (Wildman–Crippen LogP) is 4.91. The molecule has 2 aliphatic heterocycles. The minimum atomic E-state index is -0.295. The van der Waals surface area contributed by atoms with Gasteiger partial charge in [-0.2, -0.15) is 0 Å². The Bertz CT molecular complexity index is 1320. The number of benzene rings is 1. The van der Waals surface area contributed by atoms with Crippen molar-refractivity contribution >= 4 is 16.9 Å². The number of hydrogen-bond acceptors (Lipinski definition) is 5. The van der Waals surface area contributed by atoms with E-state index in [4.69, 9.17) is 9.40 Å². The lowest BCUT2D eigenvalue weighted by Crippen LogP contribution is -2.45. The van der Waals surface area contributed by atoms with E-state index in [2.05, 4.69) is 14.5 Å². The molecule has 186 valence electrons. The van der Waals surface area contributed by atoms with Gasteiger partial charge in [-0.05, 0) is 69.1 Å². The third-order valence-corrected chi connectivity index (χ3v) is 7.61. The molecular formula is C28H30FN5O2. The SMILES string of the molecule is O=C(C1CCN(Cc2ccoc2)CC1)N1CCC(n2c(-c3ccccn3)nc3cc(F)ccc32)CC1. The smallest absolute Gasteiger partial charge is 0.225 e. The summed E-state index contributed by atoms with van der Waals surface area (Å²) in [5.74, 6) is 0.851. The third-order valence-electron chi connectivity index (χ3n) is 7.61. The van der Waals surface area contributed by atoms with Crippen LogP contribution in [0.2, 0.25) is 0 Å². The van der Waals surface area contributed by atoms with Crippen LogP contribution in [0.5, 0.6) is 0 Å². The van der Waals surface area contributed by atoms with E-state index in [0.29, 0.717) is 11.4 Å². The van der Waals surface area contributed by atoms with Gasteiger partial charge >= 0.3 is 0 Å². The van der Waals surface area contributed by atoms with E-state index in [1.54, 1.807) is 24.8 Å². The first-order chi connectivity index (χ1) is 17.7. The molecule has 8 heteroatoms. The fourth-order valence-corrected chi connectivity index (χ4v) is 5.70. The minimum Gasteiger partial charge on any atom is -0.472 e. The molecule has 2 aliphatic rings. The largest absolute Gasteiger partial charge is 0.472 e. The highest BCUT2D eigenvalue weighted by atomic mass is 19.1. The molecule has 4 aromatic rings. The number of furan rings is 1. The van der Waals surface area contributed by atoms with Gasteiger partial charge in [0.15, 0.2) is 5.82 Å². The van der Waals surface area contributed by atoms with Crippen LogP contribution in [0.25, 0.3) is 22.6 Å². The molecule has 0 unspecified atom stereocenters. The van der Waals surface area contributed by atoms with Crippen molar-refractivity contribution in [3.05, 3.63) is 72.6 Å². The molecule has 1 aromatic carbocycles. The van der Waals surface area contributed by atoms with Gasteiger partial charge < -0.3 is 13.9 Å². The van der Waals surface area contributed by atoms with Crippen molar-refractivity contribution in [2.45, 2.75) is 38.3 Å². The summed E-state index contributed by atoms with van der Waals surface area (Å²) >= 11 is 0. The number of halogens is 1. The van der Waals surface area contributed by atoms with Crippen molar-refractivity contribution in [2.24, 2.45) is 5.92 Å². The van der Waals surface area contributed by atoms with Crippen LogP contribution in [-0.2, 0) is 11.3 Å². The van der Waals surface area contributed by atoms with Crippen LogP contribution in [0.4, 0.5) is 4.39 Å². The Morgan fingerprint density at radius 2 is 1.86 bits per heavy atom. The Labute approximate surface area is 209 Å². The van der Waals surface area contributed by atoms with Crippen LogP contribution in [-0.4, -0.2) is 56.4 Å². The molecule has 6 rings (SSSR count). The van der Waals surface area contributed by atoms with Crippen molar-refractivity contribution in [2.75, 3.05) is 26.2 Å². The van der Waals surface area contributed by atoms with Crippen LogP contribution in [0.3, 0.4) is 0 Å². The Kier molecular flexibility index (Phi) is 6.27. The predicted molar refractivity (Wildman–Crippen MR) is 134 cm³/mol. The zero-order chi connectivity index (χ0) is 24.5. The lowest BCUT2D eigenvalue weighted by Gasteiger charge is -2.38. The molecule has 7 nitrogen and oxygen atoms in total. The average molecular weight is 488 g/mol. The number of rotatable bonds is 5. The van der Waals surface area contributed by atoms with Crippen LogP contribution in [0.15, 0.2) is 65.6 Å². The molecule has 0 N–H and O–H groups in total. The molecule has 0 saturated carbocycles. The monoisotopic (exact) mass is 487 g/mol. The highest BCUT2D eigenvalue weighted by molar-refractivity contribution is 5.81. The normalized spacial score (nSPS) is 18.2. The average Bonchev–Trinajstić information content (AvgIpc) is 3.57. The number of fused-ring (bicyclic) bond motifs is 1. The van der Waals surface area contributed by atoms with Crippen molar-refractivity contribution in [3.8, 4) is 11.5 Å². The van der Waals surface area contributed by atoms with Gasteiger partial charge in [0.05, 0.1) is 23.6 Å². The fourth-order valence-electron chi connectivity index (χ4n) is 5.70. The second-order valence-electron chi connectivity index (χ2n) is 9.89. The maximum atomic E-state index is 13.9. The van der Waals surface area contributed by atoms with Crippen molar-refractivity contribution in [3.63, 3.8) is 0 Å². The quantitative estimate of drug-likeness (QED) is 0.400. The lowest BCUT2D eigenvalue weighted by atomic mass is 9.93. The van der Waals surface area contributed by atoms with E-state index in [1.807, 2.05) is 29.2 Å². The molecule has 3 aromatic heterocycles. The molecule has 0 aliphatic carbocycles. The van der Waals surface area contributed by atoms with Gasteiger partial charge in [0.1, 0.15) is 11.5 Å². The van der Waals surface area contributed by atoms with Gasteiger partial charge in [-0.3, -0.25) is 14.7 Å². The van der Waals surface area contributed by atoms with E-state index >= 15 is 0 Å². The lowest BCUT2D eigenvalue weighted by molar-refractivity contribution is -0.138. The maximum absolute atomic E-state index is 13.9. The summed E-state index contributed by atoms with van der Waals surface area (Å²) in [7, 11) is 0. The maximum Gasteiger partial charge on any atom is 0.225 e. The zero-order valence-electron chi connectivity index (χ0n) is 20.2. The number of nitrogens with zero attached hydrogens (tertiary/aromatic N) is 5. The number of hydrogen-bond donors (Lipinski definition) is 0. The van der Waals surface area contributed by atoms with Gasteiger partial charge in [-0.25, -0.2) is 9.37 Å². The molecule has 2 fully saturated rings. The minimum absolute atomic E-state index is 0.100. The molecular weight excluding hydrogens is 457 g/mol. The van der Waals surface area contributed by atoms with Crippen LogP contribution >= 0.6 is 0 Å². The van der Waals surface area contributed by atoms with Crippen LogP contribution in [0, 0.1) is 11.7 Å². The highest BCUT2D eigenvalue weighted by Gasteiger charge is 2.32. The summed E-state index contributed by atoms with van der Waals surface area (Å²) in [5.41, 5.74) is 3.50. The van der Waals surface area contributed by atoms with Gasteiger partial charge in [0.25, 0.3) is 0 Å². The fraction of sp³-hybridized carbons (Fsp3) is 0.393. The molecule has 0 atom stereocenters. The number of likely N-dealkylation sites (tertiary alicyclic amines) is 2. The van der Waals surface area contributed by atoms with Gasteiger partial charge in [0.2, 0.25) is 5.91 Å². The number of piperidine rings is 2. The van der Waals surface area contributed by atoms with Crippen molar-refractivity contribution in [1.82, 2.24) is 24.3 Å². The third kappa shape index (κ3) is 4.53. The summed E-state index contributed by atoms with van der Waals surface area (Å²) in [6.07, 6.45) is 8.74. The van der Waals surface area contributed by atoms with Crippen molar-refractivity contribution in [1.29, 1.82) is 0 Å². The number of amides is 1. The Balaban J connectivity index is 1.13. The van der Waals surface area contributed by atoms with E-state index in [1.165, 1.54) is 17.7 Å². The van der Waals surface area contributed by atoms with E-state index in [-0.39, 0.29) is 17.8 Å². The summed E-state index contributed by atoms with van der Waals surface area (Å²) in [6, 6.07) is 12.7. The molecule has 1 amide bonds. The van der Waals surface area contributed by atoms with Gasteiger partial charge in [-0.1, -0.05) is 6.07 Å². The van der Waals surface area contributed by atoms with E-state index < -0.39 is 0 Å². The molecule has 5 heterocycles. The standard InChI is InChI=1S/C28H30FN5O2/c29-22-4-5-26-25(17-22)31-27(24-3-1-2-11-30-24)34(26)23-8-14-33(15-9-23)28(35)21-6-12-32(13-7-21)18-20-10-16-36-19-20/h1-5,10-11,16-17,19,21,23H,6-9,12-15,18H2. The number of carbonyl (C=O) groups excluding carboxylic acids is 1. The number of pyridine rings is 1. The summed E-state index contributed by atoms with van der Waals surface area (Å²) in [4.78, 5) is 27.0. The van der Waals surface area contributed by atoms with E-state index in [9.17, 15) is 9.18 Å². The Morgan fingerprint density at radius 1 is 1.03 bits per heavy atom. The van der Waals surface area contributed by atoms with E-state index in [0.717, 1.165) is 75.4 Å². The Morgan fingerprint density at radius 3 is 2.58 bits per heavy atom. The summed E-state index contributed by atoms with van der Waals surface area (Å²) < 4.78 is 21.3. The number of aromatic nitrogens is 3. The number of carbonyl (C=O) groups is 1. The topological polar surface area (TPSA) is 67.4 Å². The first-order valence-electron chi connectivity index (χ1n) is 12.8. The second kappa shape index (κ2) is 9.85. The molecule has 0 radical (unpaired) electrons. The molecule has 36 heavy (non-hydrogen) atoms. The van der Waals surface area contributed by atoms with Crippen molar-refractivity contribution < 1.29 is 13.6 Å². The highest BCUT2D eigenvalue weighted by Crippen LogP contribution is 2.34. The number of imidazole rings is 1. The van der Waals surface area contributed by atoms with Gasteiger partial charge in [0, 0.05) is 49.4 Å². The summed E-state index contributed by atoms with van der Waals surface area (Å²) in [6.45, 7) is 4.19. The molecule has 0 spiro atoms. The first-order valence-corrected chi connectivity index (χ1v) is 12.8. The second-order valence-corrected chi connectivity index (χ2v) is 9.89. The summed E-state index contributed by atoms with van der Waals surface area (Å²) in [5, 5.41) is 0. The zero-order valence-corrected chi connectivity index (χ0v) is 20.2. The van der Waals surface area contributed by atoms with Crippen LogP contribution in [0.1, 0.15) is 37.3 Å². The first kappa shape index (κ1) is 22.9. The van der Waals surface area contributed by atoms with Gasteiger partial charge in [-0.15, -0.1) is 0 Å². The Hall–Kier alpha value is -3.52. The molecule has 2 saturated heterocycles. The molecule has 0 bridgehead atoms.